The van der Waals surface area contributed by atoms with Gasteiger partial charge in [-0.05, 0) is 73.8 Å². The summed E-state index contributed by atoms with van der Waals surface area (Å²) in [6.07, 6.45) is 5.55. The molecule has 0 radical (unpaired) electrons. The molecule has 14 nitrogen and oxygen atoms in total. The molecular weight excluding hydrogens is 699 g/mol. The van der Waals surface area contributed by atoms with Crippen LogP contribution in [0, 0.1) is 23.2 Å². The molecule has 3 aliphatic rings. The van der Waals surface area contributed by atoms with E-state index in [9.17, 15) is 24.4 Å². The number of aryl methyl sites for hydroxylation is 1. The topological polar surface area (TPSA) is 185 Å². The van der Waals surface area contributed by atoms with Crippen LogP contribution in [-0.2, 0) is 47.2 Å². The molecule has 1 aliphatic carbocycles. The van der Waals surface area contributed by atoms with Crippen molar-refractivity contribution >= 4 is 23.6 Å². The van der Waals surface area contributed by atoms with Crippen LogP contribution >= 0.6 is 0 Å². The molecule has 1 fully saturated rings. The van der Waals surface area contributed by atoms with Gasteiger partial charge in [0.15, 0.2) is 11.6 Å². The average molecular weight is 748 g/mol. The Morgan fingerprint density at radius 3 is 2.44 bits per heavy atom. The molecule has 4 amide bonds. The van der Waals surface area contributed by atoms with Crippen molar-refractivity contribution in [3.63, 3.8) is 0 Å². The van der Waals surface area contributed by atoms with Crippen molar-refractivity contribution in [1.29, 1.82) is 5.26 Å². The maximum atomic E-state index is 14.0. The van der Waals surface area contributed by atoms with Crippen molar-refractivity contribution in [2.24, 2.45) is 18.9 Å². The highest BCUT2D eigenvalue weighted by Gasteiger charge is 2.31. The van der Waals surface area contributed by atoms with E-state index >= 15 is 0 Å². The van der Waals surface area contributed by atoms with Crippen LogP contribution < -0.4 is 26.0 Å². The molecule has 55 heavy (non-hydrogen) atoms. The van der Waals surface area contributed by atoms with Gasteiger partial charge in [-0.2, -0.15) is 10.4 Å². The molecule has 4 heterocycles. The standard InChI is InChI=1S/C41H49N9O5/c1-25(2)16-31-24-55-32-14-12-28(13-15-32)18-34(46-41(54)35-19-30(21-42)22-49(35)4)40(53)43-26(3)39(52)45-33(17-27-8-6-5-7-9-27)38-47-36(20-29-10-11-29)48-50(38)23-37(51)44-31/h5-9,12-15,19,22,25-26,29,31,33-34H,10-11,16-18,20,23-24H2,1-4H3,(H,43,53)(H,44,51)(H,45,52)(H,46,54)/t26-,31+,33-,34+/m1/s1. The molecule has 14 heteroatoms. The van der Waals surface area contributed by atoms with Crippen LogP contribution in [0.15, 0.2) is 66.9 Å². The fourth-order valence-corrected chi connectivity index (χ4v) is 6.77. The number of benzene rings is 2. The second-order valence-electron chi connectivity index (χ2n) is 15.1. The van der Waals surface area contributed by atoms with Gasteiger partial charge < -0.3 is 30.6 Å². The predicted octanol–water partition coefficient (Wildman–Crippen LogP) is 3.31. The molecule has 2 aliphatic heterocycles. The van der Waals surface area contributed by atoms with Gasteiger partial charge in [-0.3, -0.25) is 19.2 Å². The maximum absolute atomic E-state index is 14.0. The Balaban J connectivity index is 1.34. The van der Waals surface area contributed by atoms with Gasteiger partial charge >= 0.3 is 0 Å². The Morgan fingerprint density at radius 2 is 1.76 bits per heavy atom. The zero-order chi connectivity index (χ0) is 39.1. The normalized spacial score (nSPS) is 21.1. The summed E-state index contributed by atoms with van der Waals surface area (Å²) < 4.78 is 9.27. The zero-order valence-electron chi connectivity index (χ0n) is 31.7. The molecule has 4 aromatic rings. The minimum absolute atomic E-state index is 0.108. The lowest BCUT2D eigenvalue weighted by atomic mass is 10.0. The average Bonchev–Trinajstić information content (AvgIpc) is 3.76. The fourth-order valence-electron chi connectivity index (χ4n) is 6.77. The van der Waals surface area contributed by atoms with Crippen LogP contribution in [-0.4, -0.2) is 67.7 Å². The first kappa shape index (κ1) is 38.7. The van der Waals surface area contributed by atoms with Crippen molar-refractivity contribution in [2.75, 3.05) is 6.61 Å². The van der Waals surface area contributed by atoms with Gasteiger partial charge in [0.05, 0.1) is 17.6 Å². The predicted molar refractivity (Wildman–Crippen MR) is 203 cm³/mol. The first-order chi connectivity index (χ1) is 26.4. The van der Waals surface area contributed by atoms with Gasteiger partial charge in [0, 0.05) is 26.1 Å². The summed E-state index contributed by atoms with van der Waals surface area (Å²) in [7, 11) is 1.65. The Kier molecular flexibility index (Phi) is 12.3. The molecule has 7 rings (SSSR count). The number of carbonyl (C=O) groups excluding carboxylic acids is 4. The second-order valence-corrected chi connectivity index (χ2v) is 15.1. The second kappa shape index (κ2) is 17.4. The lowest BCUT2D eigenvalue weighted by Crippen LogP contribution is -2.54. The van der Waals surface area contributed by atoms with E-state index in [1.54, 1.807) is 30.8 Å². The fraction of sp³-hybridized carbons (Fsp3) is 0.439. The number of fused-ring (bicyclic) bond motifs is 14. The van der Waals surface area contributed by atoms with Crippen LogP contribution in [0.25, 0.3) is 0 Å². The minimum Gasteiger partial charge on any atom is -0.491 e. The van der Waals surface area contributed by atoms with E-state index < -0.39 is 35.8 Å². The van der Waals surface area contributed by atoms with E-state index in [0.29, 0.717) is 48.1 Å². The lowest BCUT2D eigenvalue weighted by Gasteiger charge is -2.25. The molecular formula is C41H49N9O5. The van der Waals surface area contributed by atoms with Crippen molar-refractivity contribution in [3.05, 3.63) is 101 Å². The van der Waals surface area contributed by atoms with Crippen LogP contribution in [0.1, 0.15) is 84.9 Å². The van der Waals surface area contributed by atoms with Crippen molar-refractivity contribution in [3.8, 4) is 11.8 Å². The SMILES string of the molecule is CC(C)C[C@H]1COc2ccc(cc2)C[C@H](NC(=O)c2cc(C#N)cn2C)C(=O)N[C@H](C)C(=O)N[C@H](Cc2ccccc2)c2nc(CC3CC3)nn2CC(=O)N1. The number of hydrogen-bond donors (Lipinski definition) is 4. The molecule has 4 atom stereocenters. The largest absolute Gasteiger partial charge is 0.491 e. The third kappa shape index (κ3) is 10.6. The van der Waals surface area contributed by atoms with Gasteiger partial charge in [-0.1, -0.05) is 56.3 Å². The number of ether oxygens (including phenoxy) is 1. The Bertz CT molecular complexity index is 2030. The number of carbonyl (C=O) groups is 4. The molecule has 1 saturated carbocycles. The Hall–Kier alpha value is -5.97. The molecule has 0 unspecified atom stereocenters. The van der Waals surface area contributed by atoms with E-state index in [-0.39, 0.29) is 43.1 Å². The summed E-state index contributed by atoms with van der Waals surface area (Å²) in [6.45, 7) is 5.86. The molecule has 2 bridgehead atoms. The number of nitrogens with zero attached hydrogens (tertiary/aromatic N) is 5. The number of nitrogens with one attached hydrogen (secondary N) is 4. The highest BCUT2D eigenvalue weighted by molar-refractivity contribution is 5.98. The quantitative estimate of drug-likeness (QED) is 0.212. The van der Waals surface area contributed by atoms with Crippen molar-refractivity contribution in [2.45, 2.75) is 90.0 Å². The summed E-state index contributed by atoms with van der Waals surface area (Å²) in [5, 5.41) is 26.0. The number of nitriles is 1. The van der Waals surface area contributed by atoms with Crippen molar-refractivity contribution in [1.82, 2.24) is 40.6 Å². The first-order valence-electron chi connectivity index (χ1n) is 18.9. The van der Waals surface area contributed by atoms with E-state index in [1.807, 2.05) is 48.5 Å². The summed E-state index contributed by atoms with van der Waals surface area (Å²) in [6, 6.07) is 17.2. The summed E-state index contributed by atoms with van der Waals surface area (Å²) in [5.74, 6) is 0.566. The Labute approximate surface area is 321 Å². The van der Waals surface area contributed by atoms with Gasteiger partial charge in [0.1, 0.15) is 42.7 Å². The van der Waals surface area contributed by atoms with E-state index in [2.05, 4.69) is 35.1 Å². The highest BCUT2D eigenvalue weighted by Crippen LogP contribution is 2.32. The van der Waals surface area contributed by atoms with Crippen molar-refractivity contribution < 1.29 is 23.9 Å². The highest BCUT2D eigenvalue weighted by atomic mass is 16.5. The number of amides is 4. The van der Waals surface area contributed by atoms with Gasteiger partial charge in [0.25, 0.3) is 5.91 Å². The van der Waals surface area contributed by atoms with Gasteiger partial charge in [-0.25, -0.2) is 9.67 Å². The zero-order valence-corrected chi connectivity index (χ0v) is 31.7. The molecule has 0 saturated heterocycles. The van der Waals surface area contributed by atoms with Crippen LogP contribution in [0.3, 0.4) is 0 Å². The van der Waals surface area contributed by atoms with E-state index in [1.165, 1.54) is 16.8 Å². The summed E-state index contributed by atoms with van der Waals surface area (Å²) in [5.41, 5.74) is 2.19. The molecule has 288 valence electrons. The van der Waals surface area contributed by atoms with E-state index in [0.717, 1.165) is 24.0 Å². The maximum Gasteiger partial charge on any atom is 0.268 e. The van der Waals surface area contributed by atoms with Crippen LogP contribution in [0.5, 0.6) is 5.75 Å². The first-order valence-corrected chi connectivity index (χ1v) is 18.9. The minimum atomic E-state index is -1.07. The molecule has 2 aromatic carbocycles. The molecule has 2 aromatic heterocycles. The number of rotatable bonds is 8. The van der Waals surface area contributed by atoms with Crippen LogP contribution in [0.4, 0.5) is 0 Å². The molecule has 0 spiro atoms. The monoisotopic (exact) mass is 747 g/mol. The summed E-state index contributed by atoms with van der Waals surface area (Å²) in [4.78, 5) is 60.0. The van der Waals surface area contributed by atoms with Gasteiger partial charge in [0.2, 0.25) is 17.7 Å². The third-order valence-corrected chi connectivity index (χ3v) is 9.79. The lowest BCUT2D eigenvalue weighted by molar-refractivity contribution is -0.130. The molecule has 4 N–H and O–H groups in total. The summed E-state index contributed by atoms with van der Waals surface area (Å²) >= 11 is 0. The Morgan fingerprint density at radius 1 is 1.02 bits per heavy atom. The number of aromatic nitrogens is 4. The third-order valence-electron chi connectivity index (χ3n) is 9.79. The van der Waals surface area contributed by atoms with Crippen LogP contribution in [0.2, 0.25) is 0 Å². The number of hydrogen-bond acceptors (Lipinski definition) is 8. The smallest absolute Gasteiger partial charge is 0.268 e. The van der Waals surface area contributed by atoms with E-state index in [4.69, 9.17) is 14.8 Å². The van der Waals surface area contributed by atoms with Gasteiger partial charge in [-0.15, -0.1) is 0 Å².